The van der Waals surface area contributed by atoms with Gasteiger partial charge in [0.1, 0.15) is 5.75 Å². The lowest BCUT2D eigenvalue weighted by atomic mass is 10.1. The number of ether oxygens (including phenoxy) is 1. The Morgan fingerprint density at radius 2 is 1.90 bits per heavy atom. The number of halogens is 1. The maximum absolute atomic E-state index is 12.5. The number of benzene rings is 1. The zero-order valence-corrected chi connectivity index (χ0v) is 13.5. The van der Waals surface area contributed by atoms with Crippen molar-refractivity contribution in [2.45, 2.75) is 23.8 Å². The molecule has 0 radical (unpaired) electrons. The van der Waals surface area contributed by atoms with Crippen LogP contribution in [0, 0.1) is 0 Å². The van der Waals surface area contributed by atoms with Gasteiger partial charge in [-0.1, -0.05) is 11.6 Å². The number of methoxy groups -OCH3 is 1. The van der Waals surface area contributed by atoms with Crippen LogP contribution in [0.15, 0.2) is 23.1 Å². The summed E-state index contributed by atoms with van der Waals surface area (Å²) in [5, 5.41) is 0.315. The summed E-state index contributed by atoms with van der Waals surface area (Å²) in [5.74, 6) is 0.481. The summed E-state index contributed by atoms with van der Waals surface area (Å²) in [6, 6.07) is 4.96. The van der Waals surface area contributed by atoms with Crippen molar-refractivity contribution in [3.05, 3.63) is 23.2 Å². The molecule has 0 atom stereocenters. The van der Waals surface area contributed by atoms with Crippen LogP contribution in [0.5, 0.6) is 5.75 Å². The molecule has 2 aliphatic rings. The zero-order chi connectivity index (χ0) is 15.0. The van der Waals surface area contributed by atoms with Crippen molar-refractivity contribution in [3.8, 4) is 5.75 Å². The minimum absolute atomic E-state index is 0.230. The van der Waals surface area contributed by atoms with E-state index >= 15 is 0 Å². The van der Waals surface area contributed by atoms with E-state index in [1.54, 1.807) is 12.1 Å². The highest BCUT2D eigenvalue weighted by Gasteiger charge is 2.40. The molecule has 0 aromatic heterocycles. The maximum Gasteiger partial charge on any atom is 0.243 e. The van der Waals surface area contributed by atoms with Gasteiger partial charge in [-0.25, -0.2) is 8.42 Å². The second-order valence-electron chi connectivity index (χ2n) is 5.52. The first-order valence-electron chi connectivity index (χ1n) is 7.10. The van der Waals surface area contributed by atoms with E-state index in [0.717, 1.165) is 13.1 Å². The van der Waals surface area contributed by atoms with Gasteiger partial charge in [0.15, 0.2) is 0 Å². The van der Waals surface area contributed by atoms with Crippen molar-refractivity contribution in [2.75, 3.05) is 33.3 Å². The van der Waals surface area contributed by atoms with E-state index in [9.17, 15) is 8.42 Å². The van der Waals surface area contributed by atoms with Crippen LogP contribution in [-0.4, -0.2) is 57.0 Å². The minimum atomic E-state index is -3.45. The Bertz CT molecular complexity index is 623. The molecule has 3 rings (SSSR count). The standard InChI is InChI=1S/C14H19ClN2O3S/c1-20-14-5-4-12(8-13(14)15)21(18,19)17-9-11(10-17)16-6-2-3-7-16/h4-5,8,11H,2-3,6-7,9-10H2,1H3. The summed E-state index contributed by atoms with van der Waals surface area (Å²) in [4.78, 5) is 2.61. The Labute approximate surface area is 130 Å². The molecule has 21 heavy (non-hydrogen) atoms. The second-order valence-corrected chi connectivity index (χ2v) is 7.86. The van der Waals surface area contributed by atoms with Gasteiger partial charge in [-0.05, 0) is 44.1 Å². The molecule has 0 N–H and O–H groups in total. The molecule has 116 valence electrons. The Hall–Kier alpha value is -0.820. The molecule has 0 unspecified atom stereocenters. The molecule has 0 bridgehead atoms. The Morgan fingerprint density at radius 1 is 1.24 bits per heavy atom. The Morgan fingerprint density at radius 3 is 2.48 bits per heavy atom. The summed E-state index contributed by atoms with van der Waals surface area (Å²) in [6.07, 6.45) is 2.44. The van der Waals surface area contributed by atoms with Gasteiger partial charge in [0.05, 0.1) is 17.0 Å². The van der Waals surface area contributed by atoms with E-state index < -0.39 is 10.0 Å². The van der Waals surface area contributed by atoms with Crippen molar-refractivity contribution in [1.82, 2.24) is 9.21 Å². The van der Waals surface area contributed by atoms with Crippen LogP contribution in [0.2, 0.25) is 5.02 Å². The van der Waals surface area contributed by atoms with E-state index in [0.29, 0.717) is 29.9 Å². The van der Waals surface area contributed by atoms with Crippen LogP contribution in [0.4, 0.5) is 0 Å². The molecule has 2 heterocycles. The van der Waals surface area contributed by atoms with E-state index in [1.807, 2.05) is 0 Å². The van der Waals surface area contributed by atoms with Gasteiger partial charge in [0.2, 0.25) is 10.0 Å². The van der Waals surface area contributed by atoms with Gasteiger partial charge in [0.25, 0.3) is 0 Å². The first kappa shape index (κ1) is 15.1. The van der Waals surface area contributed by atoms with Crippen molar-refractivity contribution < 1.29 is 13.2 Å². The minimum Gasteiger partial charge on any atom is -0.495 e. The predicted octanol–water partition coefficient (Wildman–Crippen LogP) is 1.82. The Kier molecular flexibility index (Phi) is 4.14. The van der Waals surface area contributed by atoms with Crippen molar-refractivity contribution in [1.29, 1.82) is 0 Å². The number of nitrogens with zero attached hydrogens (tertiary/aromatic N) is 2. The van der Waals surface area contributed by atoms with Gasteiger partial charge < -0.3 is 4.74 Å². The SMILES string of the molecule is COc1ccc(S(=O)(=O)N2CC(N3CCCC3)C2)cc1Cl. The van der Waals surface area contributed by atoms with E-state index in [2.05, 4.69) is 4.90 Å². The normalized spacial score (nSPS) is 21.4. The molecule has 5 nitrogen and oxygen atoms in total. The molecule has 0 spiro atoms. The molecular formula is C14H19ClN2O3S. The average molecular weight is 331 g/mol. The highest BCUT2D eigenvalue weighted by molar-refractivity contribution is 7.89. The second kappa shape index (κ2) is 5.76. The van der Waals surface area contributed by atoms with Crippen LogP contribution in [-0.2, 0) is 10.0 Å². The van der Waals surface area contributed by atoms with Gasteiger partial charge in [0, 0.05) is 19.1 Å². The van der Waals surface area contributed by atoms with E-state index in [-0.39, 0.29) is 4.90 Å². The molecule has 2 fully saturated rings. The topological polar surface area (TPSA) is 49.9 Å². The highest BCUT2D eigenvalue weighted by Crippen LogP contribution is 2.31. The van der Waals surface area contributed by atoms with Crippen LogP contribution >= 0.6 is 11.6 Å². The van der Waals surface area contributed by atoms with Crippen molar-refractivity contribution in [2.24, 2.45) is 0 Å². The first-order chi connectivity index (χ1) is 10.0. The van der Waals surface area contributed by atoms with Crippen LogP contribution in [0.3, 0.4) is 0 Å². The summed E-state index contributed by atoms with van der Waals surface area (Å²) < 4.78 is 31.6. The van der Waals surface area contributed by atoms with Crippen molar-refractivity contribution >= 4 is 21.6 Å². The highest BCUT2D eigenvalue weighted by atomic mass is 35.5. The van der Waals surface area contributed by atoms with Gasteiger partial charge in [-0.3, -0.25) is 4.90 Å². The predicted molar refractivity (Wildman–Crippen MR) is 81.4 cm³/mol. The number of hydrogen-bond acceptors (Lipinski definition) is 4. The first-order valence-corrected chi connectivity index (χ1v) is 8.92. The molecule has 0 amide bonds. The average Bonchev–Trinajstić information content (AvgIpc) is 2.90. The molecule has 7 heteroatoms. The van der Waals surface area contributed by atoms with E-state index in [4.69, 9.17) is 16.3 Å². The van der Waals surface area contributed by atoms with Gasteiger partial charge >= 0.3 is 0 Å². The number of likely N-dealkylation sites (tertiary alicyclic amines) is 1. The van der Waals surface area contributed by atoms with Crippen LogP contribution in [0.1, 0.15) is 12.8 Å². The number of hydrogen-bond donors (Lipinski definition) is 0. The monoisotopic (exact) mass is 330 g/mol. The fourth-order valence-electron chi connectivity index (χ4n) is 2.91. The van der Waals surface area contributed by atoms with E-state index in [1.165, 1.54) is 30.3 Å². The molecule has 2 aliphatic heterocycles. The summed E-state index contributed by atoms with van der Waals surface area (Å²) in [6.45, 7) is 3.33. The number of sulfonamides is 1. The lowest BCUT2D eigenvalue weighted by Crippen LogP contribution is -2.60. The van der Waals surface area contributed by atoms with Gasteiger partial charge in [-0.2, -0.15) is 4.31 Å². The largest absolute Gasteiger partial charge is 0.495 e. The van der Waals surface area contributed by atoms with Gasteiger partial charge in [-0.15, -0.1) is 0 Å². The van der Waals surface area contributed by atoms with Crippen LogP contribution in [0.25, 0.3) is 0 Å². The molecule has 1 aromatic rings. The fraction of sp³-hybridized carbons (Fsp3) is 0.571. The zero-order valence-electron chi connectivity index (χ0n) is 12.0. The molecule has 0 aliphatic carbocycles. The van der Waals surface area contributed by atoms with Crippen molar-refractivity contribution in [3.63, 3.8) is 0 Å². The third-order valence-corrected chi connectivity index (χ3v) is 6.37. The molecular weight excluding hydrogens is 312 g/mol. The summed E-state index contributed by atoms with van der Waals surface area (Å²) in [5.41, 5.74) is 0. The Balaban J connectivity index is 1.71. The van der Waals surface area contributed by atoms with Crippen LogP contribution < -0.4 is 4.74 Å². The molecule has 1 aromatic carbocycles. The third kappa shape index (κ3) is 2.77. The quantitative estimate of drug-likeness (QED) is 0.845. The molecule has 2 saturated heterocycles. The smallest absolute Gasteiger partial charge is 0.243 e. The summed E-state index contributed by atoms with van der Waals surface area (Å²) >= 11 is 6.02. The maximum atomic E-state index is 12.5. The lowest BCUT2D eigenvalue weighted by molar-refractivity contribution is 0.110. The number of rotatable bonds is 4. The third-order valence-electron chi connectivity index (χ3n) is 4.25. The summed E-state index contributed by atoms with van der Waals surface area (Å²) in [7, 11) is -1.94. The lowest BCUT2D eigenvalue weighted by Gasteiger charge is -2.42. The fourth-order valence-corrected chi connectivity index (χ4v) is 4.77. The molecule has 0 saturated carbocycles.